The normalized spacial score (nSPS) is 14.4. The molecule has 236 valence electrons. The summed E-state index contributed by atoms with van der Waals surface area (Å²) in [7, 11) is 1.22. The summed E-state index contributed by atoms with van der Waals surface area (Å²) in [5, 5.41) is 8.09. The number of carbonyl (C=O) groups excluding carboxylic acids is 5. The van der Waals surface area contributed by atoms with Crippen molar-refractivity contribution in [2.45, 2.75) is 64.3 Å². The summed E-state index contributed by atoms with van der Waals surface area (Å²) in [5.74, 6) is -3.07. The molecule has 0 saturated carbocycles. The summed E-state index contributed by atoms with van der Waals surface area (Å²) >= 11 is 0. The maximum absolute atomic E-state index is 13.8. The van der Waals surface area contributed by atoms with Crippen molar-refractivity contribution in [1.29, 1.82) is 0 Å². The van der Waals surface area contributed by atoms with Crippen molar-refractivity contribution in [2.75, 3.05) is 13.7 Å². The Morgan fingerprint density at radius 2 is 1.52 bits per heavy atom. The van der Waals surface area contributed by atoms with Gasteiger partial charge in [0.1, 0.15) is 31.3 Å². The molecule has 3 N–H and O–H groups in total. The number of nitrogens with one attached hydrogen (secondary N) is 3. The van der Waals surface area contributed by atoms with E-state index in [0.29, 0.717) is 12.8 Å². The van der Waals surface area contributed by atoms with Crippen molar-refractivity contribution < 1.29 is 38.2 Å². The predicted octanol–water partition coefficient (Wildman–Crippen LogP) is 3.00. The highest BCUT2D eigenvalue weighted by Gasteiger charge is 2.38. The van der Waals surface area contributed by atoms with Crippen LogP contribution < -0.4 is 16.0 Å². The Balaban J connectivity index is 1.80. The molecule has 0 radical (unpaired) electrons. The third-order valence-corrected chi connectivity index (χ3v) is 7.38. The molecular formula is C33H41N3O8. The number of hydrogen-bond acceptors (Lipinski definition) is 8. The lowest BCUT2D eigenvalue weighted by Crippen LogP contribution is -2.59. The van der Waals surface area contributed by atoms with Crippen LogP contribution in [0.2, 0.25) is 0 Å². The second-order valence-electron chi connectivity index (χ2n) is 10.9. The monoisotopic (exact) mass is 607 g/mol. The van der Waals surface area contributed by atoms with E-state index in [4.69, 9.17) is 14.2 Å². The van der Waals surface area contributed by atoms with Gasteiger partial charge in [-0.1, -0.05) is 81.1 Å². The molecule has 11 nitrogen and oxygen atoms in total. The summed E-state index contributed by atoms with van der Waals surface area (Å²) < 4.78 is 15.2. The molecule has 1 aliphatic rings. The summed E-state index contributed by atoms with van der Waals surface area (Å²) in [6, 6.07) is 13.5. The first-order valence-electron chi connectivity index (χ1n) is 14.6. The van der Waals surface area contributed by atoms with E-state index < -0.39 is 48.0 Å². The minimum atomic E-state index is -1.21. The van der Waals surface area contributed by atoms with Crippen LogP contribution in [0.4, 0.5) is 4.79 Å². The Morgan fingerprint density at radius 1 is 0.886 bits per heavy atom. The molecule has 3 rings (SSSR count). The van der Waals surface area contributed by atoms with Crippen molar-refractivity contribution >= 4 is 29.8 Å². The van der Waals surface area contributed by atoms with Gasteiger partial charge in [-0.05, 0) is 47.8 Å². The van der Waals surface area contributed by atoms with Crippen LogP contribution >= 0.6 is 0 Å². The molecule has 0 saturated heterocycles. The molecule has 0 heterocycles. The second-order valence-corrected chi connectivity index (χ2v) is 10.9. The van der Waals surface area contributed by atoms with E-state index in [0.717, 1.165) is 16.7 Å². The lowest BCUT2D eigenvalue weighted by molar-refractivity contribution is -0.148. The lowest BCUT2D eigenvalue weighted by atomic mass is 9.94. The highest BCUT2D eigenvalue weighted by Crippen LogP contribution is 2.29. The standard InChI is InChI=1S/C33H41N3O8/c1-5-17-43-32(40)28(21(2)3)35-31(39)29(25-18-23-13-9-10-14-24(23)19-25)36-30(38)26(15-16-27(37)42-4)34-33(41)44-20-22-11-7-6-8-12-22/h5-14,21,25-26,28-29H,1,15-20H2,2-4H3,(H,34,41)(H,35,39)(H,36,38). The van der Waals surface area contributed by atoms with Crippen LogP contribution in [-0.4, -0.2) is 61.7 Å². The molecule has 11 heteroatoms. The van der Waals surface area contributed by atoms with E-state index in [9.17, 15) is 24.0 Å². The molecule has 3 unspecified atom stereocenters. The largest absolute Gasteiger partial charge is 0.469 e. The van der Waals surface area contributed by atoms with E-state index in [2.05, 4.69) is 22.5 Å². The van der Waals surface area contributed by atoms with Crippen LogP contribution in [0.1, 0.15) is 43.4 Å². The predicted molar refractivity (Wildman–Crippen MR) is 162 cm³/mol. The third kappa shape index (κ3) is 9.96. The van der Waals surface area contributed by atoms with Gasteiger partial charge in [0.15, 0.2) is 0 Å². The van der Waals surface area contributed by atoms with Gasteiger partial charge in [-0.25, -0.2) is 9.59 Å². The van der Waals surface area contributed by atoms with Gasteiger partial charge in [0.25, 0.3) is 0 Å². The van der Waals surface area contributed by atoms with Crippen LogP contribution in [0, 0.1) is 11.8 Å². The van der Waals surface area contributed by atoms with Gasteiger partial charge in [-0.3, -0.25) is 14.4 Å². The van der Waals surface area contributed by atoms with Gasteiger partial charge in [0.2, 0.25) is 11.8 Å². The number of fused-ring (bicyclic) bond motifs is 1. The Bertz CT molecular complexity index is 1290. The first-order chi connectivity index (χ1) is 21.1. The molecule has 2 aromatic carbocycles. The second kappa shape index (κ2) is 16.8. The van der Waals surface area contributed by atoms with E-state index in [-0.39, 0.29) is 37.9 Å². The fourth-order valence-electron chi connectivity index (χ4n) is 4.99. The van der Waals surface area contributed by atoms with Gasteiger partial charge in [0, 0.05) is 6.42 Å². The SMILES string of the molecule is C=CCOC(=O)C(NC(=O)C(NC(=O)C(CCC(=O)OC)NC(=O)OCc1ccccc1)C1Cc2ccccc2C1)C(C)C. The molecule has 0 aromatic heterocycles. The van der Waals surface area contributed by atoms with Gasteiger partial charge in [-0.2, -0.15) is 0 Å². The smallest absolute Gasteiger partial charge is 0.408 e. The number of hydrogen-bond donors (Lipinski definition) is 3. The van der Waals surface area contributed by atoms with Gasteiger partial charge in [0.05, 0.1) is 7.11 Å². The molecule has 44 heavy (non-hydrogen) atoms. The maximum Gasteiger partial charge on any atom is 0.408 e. The van der Waals surface area contributed by atoms with E-state index in [1.165, 1.54) is 13.2 Å². The average Bonchev–Trinajstić information content (AvgIpc) is 3.46. The van der Waals surface area contributed by atoms with Crippen molar-refractivity contribution in [1.82, 2.24) is 16.0 Å². The lowest BCUT2D eigenvalue weighted by Gasteiger charge is -2.29. The Morgan fingerprint density at radius 3 is 2.11 bits per heavy atom. The zero-order chi connectivity index (χ0) is 32.1. The highest BCUT2D eigenvalue weighted by atomic mass is 16.5. The molecular weight excluding hydrogens is 566 g/mol. The average molecular weight is 608 g/mol. The molecule has 3 atom stereocenters. The van der Waals surface area contributed by atoms with Crippen molar-refractivity contribution in [3.8, 4) is 0 Å². The van der Waals surface area contributed by atoms with Crippen molar-refractivity contribution in [2.24, 2.45) is 11.8 Å². The fraction of sp³-hybridized carbons (Fsp3) is 0.424. The Hall–Kier alpha value is -4.67. The number of alkyl carbamates (subject to hydrolysis) is 1. The quantitative estimate of drug-likeness (QED) is 0.159. The highest BCUT2D eigenvalue weighted by molar-refractivity contribution is 5.93. The zero-order valence-corrected chi connectivity index (χ0v) is 25.4. The zero-order valence-electron chi connectivity index (χ0n) is 25.4. The topological polar surface area (TPSA) is 149 Å². The van der Waals surface area contributed by atoms with Gasteiger partial charge < -0.3 is 30.2 Å². The summed E-state index contributed by atoms with van der Waals surface area (Å²) in [6.07, 6.45) is 1.34. The molecule has 1 aliphatic carbocycles. The molecule has 3 amide bonds. The van der Waals surface area contributed by atoms with E-state index in [1.54, 1.807) is 38.1 Å². The van der Waals surface area contributed by atoms with Crippen LogP contribution in [0.15, 0.2) is 67.3 Å². The minimum absolute atomic E-state index is 0.00998. The summed E-state index contributed by atoms with van der Waals surface area (Å²) in [4.78, 5) is 64.8. The molecule has 0 spiro atoms. The van der Waals surface area contributed by atoms with Gasteiger partial charge >= 0.3 is 18.0 Å². The summed E-state index contributed by atoms with van der Waals surface area (Å²) in [6.45, 7) is 7.05. The summed E-state index contributed by atoms with van der Waals surface area (Å²) in [5.41, 5.74) is 2.86. The van der Waals surface area contributed by atoms with E-state index in [1.807, 2.05) is 30.3 Å². The maximum atomic E-state index is 13.8. The first-order valence-corrected chi connectivity index (χ1v) is 14.6. The Labute approximate surface area is 257 Å². The van der Waals surface area contributed by atoms with Crippen molar-refractivity contribution in [3.05, 3.63) is 83.9 Å². The molecule has 0 fully saturated rings. The number of methoxy groups -OCH3 is 1. The third-order valence-electron chi connectivity index (χ3n) is 7.38. The van der Waals surface area contributed by atoms with Crippen LogP contribution in [0.5, 0.6) is 0 Å². The number of benzene rings is 2. The molecule has 2 aromatic rings. The van der Waals surface area contributed by atoms with Crippen molar-refractivity contribution in [3.63, 3.8) is 0 Å². The minimum Gasteiger partial charge on any atom is -0.469 e. The number of rotatable bonds is 15. The first kappa shape index (κ1) is 33.8. The van der Waals surface area contributed by atoms with Crippen LogP contribution in [-0.2, 0) is 52.8 Å². The number of carbonyl (C=O) groups is 5. The number of amides is 3. The van der Waals surface area contributed by atoms with E-state index >= 15 is 0 Å². The Kier molecular flexibility index (Phi) is 12.9. The number of ether oxygens (including phenoxy) is 3. The fourth-order valence-corrected chi connectivity index (χ4v) is 4.99. The van der Waals surface area contributed by atoms with Crippen LogP contribution in [0.3, 0.4) is 0 Å². The van der Waals surface area contributed by atoms with Crippen LogP contribution in [0.25, 0.3) is 0 Å². The molecule has 0 aliphatic heterocycles. The number of esters is 2. The van der Waals surface area contributed by atoms with Gasteiger partial charge in [-0.15, -0.1) is 0 Å². The molecule has 0 bridgehead atoms.